The van der Waals surface area contributed by atoms with Crippen LogP contribution in [0.1, 0.15) is 10.4 Å². The normalized spacial score (nSPS) is 10.4. The summed E-state index contributed by atoms with van der Waals surface area (Å²) in [5.41, 5.74) is 0.548. The fourth-order valence-electron chi connectivity index (χ4n) is 0.984. The number of halogens is 1. The van der Waals surface area contributed by atoms with Crippen molar-refractivity contribution >= 4 is 5.97 Å². The summed E-state index contributed by atoms with van der Waals surface area (Å²) in [6.45, 7) is 1.24. The van der Waals surface area contributed by atoms with Crippen molar-refractivity contribution in [1.82, 2.24) is 4.98 Å². The maximum Gasteiger partial charge on any atom is 0.338 e. The summed E-state index contributed by atoms with van der Waals surface area (Å²) in [5.74, 6) is -0.286. The minimum atomic E-state index is -0.286. The average molecular weight is 245 g/mol. The van der Waals surface area contributed by atoms with Gasteiger partial charge in [0.1, 0.15) is 13.2 Å². The number of pyridine rings is 1. The van der Waals surface area contributed by atoms with Crippen LogP contribution < -0.4 is 12.4 Å². The summed E-state index contributed by atoms with van der Waals surface area (Å²) < 4.78 is 5.90. The monoisotopic (exact) mass is 244 g/mol. The number of hydrogen-bond donors (Lipinski definition) is 0. The molecule has 1 aromatic heterocycles. The quantitative estimate of drug-likeness (QED) is 0.452. The van der Waals surface area contributed by atoms with Crippen LogP contribution in [0, 0.1) is 0 Å². The Labute approximate surface area is 102 Å². The molecule has 0 aliphatic rings. The fraction of sp³-hybridized carbons (Fsp3) is 0.455. The second-order valence-electron chi connectivity index (χ2n) is 4.39. The lowest BCUT2D eigenvalue weighted by Gasteiger charge is -2.23. The standard InChI is InChI=1S/C11H17N2O2.ClH/c1-13(2,3)8-9-15-11(14)10-4-6-12-7-5-10;/h4-7H,8-9H2,1-3H3;1H/q+1;/p-1. The molecule has 0 aliphatic carbocycles. The van der Waals surface area contributed by atoms with Crippen LogP contribution in [0.5, 0.6) is 0 Å². The Balaban J connectivity index is 0.00000225. The van der Waals surface area contributed by atoms with E-state index in [9.17, 15) is 4.79 Å². The van der Waals surface area contributed by atoms with E-state index in [1.807, 2.05) is 0 Å². The first-order valence-electron chi connectivity index (χ1n) is 4.87. The number of ether oxygens (including phenoxy) is 1. The number of likely N-dealkylation sites (N-methyl/N-ethyl adjacent to an activating group) is 1. The summed E-state index contributed by atoms with van der Waals surface area (Å²) in [6.07, 6.45) is 3.16. The number of aromatic nitrogens is 1. The van der Waals surface area contributed by atoms with E-state index < -0.39 is 0 Å². The highest BCUT2D eigenvalue weighted by Crippen LogP contribution is 1.99. The third-order valence-corrected chi connectivity index (χ3v) is 1.91. The first-order chi connectivity index (χ1) is 6.99. The predicted molar refractivity (Wildman–Crippen MR) is 57.4 cm³/mol. The molecule has 1 aromatic rings. The Morgan fingerprint density at radius 1 is 1.31 bits per heavy atom. The van der Waals surface area contributed by atoms with E-state index in [1.165, 1.54) is 0 Å². The largest absolute Gasteiger partial charge is 1.00 e. The minimum Gasteiger partial charge on any atom is -1.00 e. The number of esters is 1. The molecular formula is C11H17ClN2O2. The van der Waals surface area contributed by atoms with Gasteiger partial charge in [-0.05, 0) is 12.1 Å². The molecule has 0 aliphatic heterocycles. The van der Waals surface area contributed by atoms with Crippen LogP contribution in [-0.4, -0.2) is 49.7 Å². The molecule has 0 radical (unpaired) electrons. The lowest BCUT2D eigenvalue weighted by molar-refractivity contribution is -0.870. The Morgan fingerprint density at radius 3 is 2.38 bits per heavy atom. The van der Waals surface area contributed by atoms with Crippen molar-refractivity contribution in [3.8, 4) is 0 Å². The van der Waals surface area contributed by atoms with Gasteiger partial charge in [-0.1, -0.05) is 0 Å². The molecule has 0 saturated heterocycles. The molecule has 16 heavy (non-hydrogen) atoms. The molecule has 1 heterocycles. The van der Waals surface area contributed by atoms with Gasteiger partial charge in [-0.25, -0.2) is 4.79 Å². The number of rotatable bonds is 4. The first-order valence-corrected chi connectivity index (χ1v) is 4.87. The van der Waals surface area contributed by atoms with E-state index in [0.717, 1.165) is 11.0 Å². The van der Waals surface area contributed by atoms with Gasteiger partial charge in [0.15, 0.2) is 0 Å². The zero-order chi connectivity index (χ0) is 11.3. The summed E-state index contributed by atoms with van der Waals surface area (Å²) in [4.78, 5) is 15.3. The van der Waals surface area contributed by atoms with Crippen molar-refractivity contribution in [2.24, 2.45) is 0 Å². The van der Waals surface area contributed by atoms with Gasteiger partial charge < -0.3 is 21.6 Å². The van der Waals surface area contributed by atoms with Gasteiger partial charge in [0.25, 0.3) is 0 Å². The van der Waals surface area contributed by atoms with E-state index in [1.54, 1.807) is 24.5 Å². The Hall–Kier alpha value is -1.13. The zero-order valence-electron chi connectivity index (χ0n) is 9.81. The number of hydrogen-bond acceptors (Lipinski definition) is 3. The van der Waals surface area contributed by atoms with Crippen LogP contribution >= 0.6 is 0 Å². The Morgan fingerprint density at radius 2 is 1.88 bits per heavy atom. The van der Waals surface area contributed by atoms with Crippen molar-refractivity contribution in [3.63, 3.8) is 0 Å². The molecule has 0 unspecified atom stereocenters. The molecule has 1 rings (SSSR count). The third-order valence-electron chi connectivity index (χ3n) is 1.91. The number of carbonyl (C=O) groups excluding carboxylic acids is 1. The van der Waals surface area contributed by atoms with Gasteiger partial charge in [-0.3, -0.25) is 4.98 Å². The van der Waals surface area contributed by atoms with Gasteiger partial charge in [-0.2, -0.15) is 0 Å². The lowest BCUT2D eigenvalue weighted by atomic mass is 10.3. The second-order valence-corrected chi connectivity index (χ2v) is 4.39. The molecule has 0 aromatic carbocycles. The van der Waals surface area contributed by atoms with Crippen molar-refractivity contribution in [2.45, 2.75) is 0 Å². The minimum absolute atomic E-state index is 0. The summed E-state index contributed by atoms with van der Waals surface area (Å²) >= 11 is 0. The highest BCUT2D eigenvalue weighted by molar-refractivity contribution is 5.89. The predicted octanol–water partition coefficient (Wildman–Crippen LogP) is -2.05. The van der Waals surface area contributed by atoms with Crippen LogP contribution in [0.25, 0.3) is 0 Å². The molecule has 4 nitrogen and oxygen atoms in total. The highest BCUT2D eigenvalue weighted by atomic mass is 35.5. The van der Waals surface area contributed by atoms with Gasteiger partial charge in [0.2, 0.25) is 0 Å². The molecule has 90 valence electrons. The summed E-state index contributed by atoms with van der Waals surface area (Å²) in [7, 11) is 6.17. The van der Waals surface area contributed by atoms with Crippen LogP contribution in [0.2, 0.25) is 0 Å². The van der Waals surface area contributed by atoms with Crippen LogP contribution in [0.3, 0.4) is 0 Å². The molecule has 0 amide bonds. The highest BCUT2D eigenvalue weighted by Gasteiger charge is 2.10. The van der Waals surface area contributed by atoms with E-state index in [2.05, 4.69) is 26.1 Å². The third kappa shape index (κ3) is 5.68. The van der Waals surface area contributed by atoms with E-state index in [0.29, 0.717) is 12.2 Å². The molecule has 0 spiro atoms. The van der Waals surface area contributed by atoms with Gasteiger partial charge in [-0.15, -0.1) is 0 Å². The number of carbonyl (C=O) groups is 1. The summed E-state index contributed by atoms with van der Waals surface area (Å²) in [6, 6.07) is 3.29. The van der Waals surface area contributed by atoms with Gasteiger partial charge >= 0.3 is 5.97 Å². The Kier molecular flexibility index (Phi) is 6.00. The van der Waals surface area contributed by atoms with E-state index in [4.69, 9.17) is 4.74 Å². The average Bonchev–Trinajstić information content (AvgIpc) is 2.17. The molecule has 0 saturated carbocycles. The van der Waals surface area contributed by atoms with Crippen molar-refractivity contribution in [2.75, 3.05) is 34.3 Å². The van der Waals surface area contributed by atoms with Gasteiger partial charge in [0, 0.05) is 12.4 Å². The molecule has 0 bridgehead atoms. The molecular weight excluding hydrogens is 228 g/mol. The summed E-state index contributed by atoms with van der Waals surface area (Å²) in [5, 5.41) is 0. The second kappa shape index (κ2) is 6.45. The molecule has 0 N–H and O–H groups in total. The van der Waals surface area contributed by atoms with Gasteiger partial charge in [0.05, 0.1) is 26.7 Å². The first kappa shape index (κ1) is 14.9. The topological polar surface area (TPSA) is 39.2 Å². The van der Waals surface area contributed by atoms with Crippen LogP contribution in [-0.2, 0) is 4.74 Å². The smallest absolute Gasteiger partial charge is 0.338 e. The van der Waals surface area contributed by atoms with E-state index in [-0.39, 0.29) is 18.4 Å². The molecule has 0 atom stereocenters. The van der Waals surface area contributed by atoms with Crippen molar-refractivity contribution < 1.29 is 26.4 Å². The fourth-order valence-corrected chi connectivity index (χ4v) is 0.984. The van der Waals surface area contributed by atoms with Crippen molar-refractivity contribution in [3.05, 3.63) is 30.1 Å². The maximum absolute atomic E-state index is 11.5. The van der Waals surface area contributed by atoms with E-state index >= 15 is 0 Å². The SMILES string of the molecule is C[N+](C)(C)CCOC(=O)c1ccncc1.[Cl-]. The molecule has 0 fully saturated rings. The number of quaternary nitrogens is 1. The Bertz CT molecular complexity index is 323. The maximum atomic E-state index is 11.5. The number of nitrogens with zero attached hydrogens (tertiary/aromatic N) is 2. The van der Waals surface area contributed by atoms with Crippen LogP contribution in [0.15, 0.2) is 24.5 Å². The molecule has 5 heteroatoms. The van der Waals surface area contributed by atoms with Crippen molar-refractivity contribution in [1.29, 1.82) is 0 Å². The lowest BCUT2D eigenvalue weighted by Crippen LogP contribution is -3.00. The zero-order valence-corrected chi connectivity index (χ0v) is 10.6. The van der Waals surface area contributed by atoms with Crippen LogP contribution in [0.4, 0.5) is 0 Å².